The van der Waals surface area contributed by atoms with Gasteiger partial charge in [-0.3, -0.25) is 4.79 Å². The summed E-state index contributed by atoms with van der Waals surface area (Å²) in [5, 5.41) is 3.25. The summed E-state index contributed by atoms with van der Waals surface area (Å²) in [5.74, 6) is 0.333. The zero-order chi connectivity index (χ0) is 21.0. The molecule has 0 aliphatic rings. The molecule has 150 valence electrons. The molecular formula is C24H28N4O. The van der Waals surface area contributed by atoms with Gasteiger partial charge in [0.05, 0.1) is 0 Å². The molecular weight excluding hydrogens is 360 g/mol. The average Bonchev–Trinajstić information content (AvgIpc) is 2.65. The van der Waals surface area contributed by atoms with Gasteiger partial charge in [0, 0.05) is 24.0 Å². The standard InChI is InChI=1S/C24H28N4O/c1-16(2)28(15-20-9-7-6-8-10-20)23(29)22-14-19(5)25-24(27-22)26-21-12-17(3)11-18(4)13-21/h6-14,16H,15H2,1-5H3,(H,25,26,27). The second kappa shape index (κ2) is 8.86. The Hall–Kier alpha value is -3.21. The van der Waals surface area contributed by atoms with Gasteiger partial charge in [0.25, 0.3) is 5.91 Å². The van der Waals surface area contributed by atoms with Gasteiger partial charge < -0.3 is 10.2 Å². The number of nitrogens with one attached hydrogen (secondary N) is 1. The molecule has 0 unspecified atom stereocenters. The van der Waals surface area contributed by atoms with E-state index in [-0.39, 0.29) is 11.9 Å². The van der Waals surface area contributed by atoms with Crippen LogP contribution in [0.3, 0.4) is 0 Å². The molecule has 1 aromatic heterocycles. The summed E-state index contributed by atoms with van der Waals surface area (Å²) < 4.78 is 0. The van der Waals surface area contributed by atoms with Crippen LogP contribution in [0.2, 0.25) is 0 Å². The molecule has 2 aromatic carbocycles. The Kier molecular flexibility index (Phi) is 6.27. The molecule has 0 fully saturated rings. The van der Waals surface area contributed by atoms with Crippen LogP contribution in [-0.2, 0) is 6.54 Å². The van der Waals surface area contributed by atoms with Gasteiger partial charge >= 0.3 is 0 Å². The molecule has 0 aliphatic heterocycles. The molecule has 0 saturated carbocycles. The van der Waals surface area contributed by atoms with Gasteiger partial charge in [-0.05, 0) is 69.5 Å². The molecule has 1 N–H and O–H groups in total. The molecule has 0 aliphatic carbocycles. The zero-order valence-electron chi connectivity index (χ0n) is 17.7. The molecule has 1 heterocycles. The summed E-state index contributed by atoms with van der Waals surface area (Å²) in [4.78, 5) is 24.1. The first-order chi connectivity index (χ1) is 13.8. The fourth-order valence-electron chi connectivity index (χ4n) is 3.33. The summed E-state index contributed by atoms with van der Waals surface area (Å²) in [7, 11) is 0. The molecule has 5 heteroatoms. The van der Waals surface area contributed by atoms with Crippen molar-refractivity contribution in [3.63, 3.8) is 0 Å². The number of aromatic nitrogens is 2. The number of hydrogen-bond donors (Lipinski definition) is 1. The third kappa shape index (κ3) is 5.41. The van der Waals surface area contributed by atoms with Gasteiger partial charge in [-0.15, -0.1) is 0 Å². The summed E-state index contributed by atoms with van der Waals surface area (Å²) in [5.41, 5.74) is 5.47. The lowest BCUT2D eigenvalue weighted by Crippen LogP contribution is -2.37. The molecule has 3 aromatic rings. The van der Waals surface area contributed by atoms with E-state index in [1.165, 1.54) is 0 Å². The van der Waals surface area contributed by atoms with E-state index in [1.54, 1.807) is 6.07 Å². The molecule has 5 nitrogen and oxygen atoms in total. The van der Waals surface area contributed by atoms with Crippen LogP contribution in [0.4, 0.5) is 11.6 Å². The van der Waals surface area contributed by atoms with Crippen LogP contribution < -0.4 is 5.32 Å². The lowest BCUT2D eigenvalue weighted by Gasteiger charge is -2.26. The van der Waals surface area contributed by atoms with E-state index >= 15 is 0 Å². The fourth-order valence-corrected chi connectivity index (χ4v) is 3.33. The van der Waals surface area contributed by atoms with E-state index in [0.717, 1.165) is 28.1 Å². The second-order valence-corrected chi connectivity index (χ2v) is 7.73. The van der Waals surface area contributed by atoms with Crippen LogP contribution in [0.5, 0.6) is 0 Å². The second-order valence-electron chi connectivity index (χ2n) is 7.73. The molecule has 0 saturated heterocycles. The third-order valence-corrected chi connectivity index (χ3v) is 4.63. The molecule has 3 rings (SSSR count). The Morgan fingerprint density at radius 1 is 0.966 bits per heavy atom. The molecule has 0 bridgehead atoms. The Labute approximate surface area is 172 Å². The maximum atomic E-state index is 13.3. The van der Waals surface area contributed by atoms with Crippen molar-refractivity contribution >= 4 is 17.5 Å². The molecule has 1 amide bonds. The van der Waals surface area contributed by atoms with Crippen molar-refractivity contribution in [1.82, 2.24) is 14.9 Å². The van der Waals surface area contributed by atoms with Crippen molar-refractivity contribution in [2.45, 2.75) is 47.2 Å². The zero-order valence-corrected chi connectivity index (χ0v) is 17.7. The first kappa shape index (κ1) is 20.5. The lowest BCUT2D eigenvalue weighted by atomic mass is 10.1. The maximum absolute atomic E-state index is 13.3. The smallest absolute Gasteiger partial charge is 0.273 e. The minimum Gasteiger partial charge on any atom is -0.331 e. The topological polar surface area (TPSA) is 58.1 Å². The Morgan fingerprint density at radius 2 is 1.62 bits per heavy atom. The largest absolute Gasteiger partial charge is 0.331 e. The SMILES string of the molecule is Cc1cc(C)cc(Nc2nc(C)cc(C(=O)N(Cc3ccccc3)C(C)C)n2)c1. The number of benzene rings is 2. The van der Waals surface area contributed by atoms with Crippen molar-refractivity contribution in [2.24, 2.45) is 0 Å². The van der Waals surface area contributed by atoms with E-state index in [2.05, 4.69) is 21.4 Å². The number of aryl methyl sites for hydroxylation is 3. The number of anilines is 2. The highest BCUT2D eigenvalue weighted by Crippen LogP contribution is 2.19. The van der Waals surface area contributed by atoms with Crippen molar-refractivity contribution in [3.8, 4) is 0 Å². The van der Waals surface area contributed by atoms with E-state index in [0.29, 0.717) is 18.2 Å². The monoisotopic (exact) mass is 388 g/mol. The lowest BCUT2D eigenvalue weighted by molar-refractivity contribution is 0.0684. The Balaban J connectivity index is 1.87. The van der Waals surface area contributed by atoms with Crippen LogP contribution in [0, 0.1) is 20.8 Å². The minimum absolute atomic E-state index is 0.0498. The van der Waals surface area contributed by atoms with Crippen LogP contribution in [-0.4, -0.2) is 26.8 Å². The predicted octanol–water partition coefficient (Wildman–Crippen LogP) is 5.20. The van der Waals surface area contributed by atoms with Crippen LogP contribution in [0.15, 0.2) is 54.6 Å². The number of nitrogens with zero attached hydrogens (tertiary/aromatic N) is 3. The summed E-state index contributed by atoms with van der Waals surface area (Å²) in [6.45, 7) is 10.6. The minimum atomic E-state index is -0.0992. The summed E-state index contributed by atoms with van der Waals surface area (Å²) in [6, 6.07) is 18.0. The maximum Gasteiger partial charge on any atom is 0.273 e. The average molecular weight is 389 g/mol. The summed E-state index contributed by atoms with van der Waals surface area (Å²) >= 11 is 0. The van der Waals surface area contributed by atoms with Gasteiger partial charge in [0.15, 0.2) is 0 Å². The van der Waals surface area contributed by atoms with Gasteiger partial charge in [0.2, 0.25) is 5.95 Å². The van der Waals surface area contributed by atoms with E-state index in [9.17, 15) is 4.79 Å². The molecule has 0 radical (unpaired) electrons. The Bertz CT molecular complexity index is 979. The summed E-state index contributed by atoms with van der Waals surface area (Å²) in [6.07, 6.45) is 0. The highest BCUT2D eigenvalue weighted by atomic mass is 16.2. The molecule has 0 atom stereocenters. The quantitative estimate of drug-likeness (QED) is 0.631. The molecule has 0 spiro atoms. The molecule has 29 heavy (non-hydrogen) atoms. The number of amides is 1. The highest BCUT2D eigenvalue weighted by molar-refractivity contribution is 5.93. The first-order valence-electron chi connectivity index (χ1n) is 9.87. The van der Waals surface area contributed by atoms with E-state index in [1.807, 2.05) is 82.0 Å². The third-order valence-electron chi connectivity index (χ3n) is 4.63. The first-order valence-corrected chi connectivity index (χ1v) is 9.87. The number of rotatable bonds is 6. The van der Waals surface area contributed by atoms with Gasteiger partial charge in [-0.1, -0.05) is 36.4 Å². The van der Waals surface area contributed by atoms with Gasteiger partial charge in [-0.2, -0.15) is 0 Å². The van der Waals surface area contributed by atoms with Crippen LogP contribution in [0.25, 0.3) is 0 Å². The highest BCUT2D eigenvalue weighted by Gasteiger charge is 2.21. The van der Waals surface area contributed by atoms with Gasteiger partial charge in [-0.25, -0.2) is 9.97 Å². The van der Waals surface area contributed by atoms with Gasteiger partial charge in [0.1, 0.15) is 5.69 Å². The normalized spacial score (nSPS) is 10.8. The predicted molar refractivity (Wildman–Crippen MR) is 117 cm³/mol. The van der Waals surface area contributed by atoms with Crippen molar-refractivity contribution < 1.29 is 4.79 Å². The Morgan fingerprint density at radius 3 is 2.24 bits per heavy atom. The van der Waals surface area contributed by atoms with Crippen LogP contribution in [0.1, 0.15) is 46.7 Å². The van der Waals surface area contributed by atoms with Crippen molar-refractivity contribution in [3.05, 3.63) is 82.7 Å². The van der Waals surface area contributed by atoms with Crippen molar-refractivity contribution in [1.29, 1.82) is 0 Å². The number of hydrogen-bond acceptors (Lipinski definition) is 4. The number of carbonyl (C=O) groups is 1. The number of carbonyl (C=O) groups excluding carboxylic acids is 1. The van der Waals surface area contributed by atoms with Crippen LogP contribution >= 0.6 is 0 Å². The van der Waals surface area contributed by atoms with E-state index in [4.69, 9.17) is 0 Å². The fraction of sp³-hybridized carbons (Fsp3) is 0.292. The van der Waals surface area contributed by atoms with Crippen molar-refractivity contribution in [2.75, 3.05) is 5.32 Å². The van der Waals surface area contributed by atoms with E-state index < -0.39 is 0 Å².